The minimum Gasteiger partial charge on any atom is -0.497 e. The molecule has 0 saturated heterocycles. The molecule has 1 aliphatic rings. The molecule has 35 heavy (non-hydrogen) atoms. The number of aromatic nitrogens is 2. The van der Waals surface area contributed by atoms with Gasteiger partial charge in [-0.25, -0.2) is 9.67 Å². The van der Waals surface area contributed by atoms with Gasteiger partial charge in [0.1, 0.15) is 17.1 Å². The first kappa shape index (κ1) is 22.4. The summed E-state index contributed by atoms with van der Waals surface area (Å²) in [5, 5.41) is 7.54. The number of nitrogens with zero attached hydrogens (tertiary/aromatic N) is 3. The average molecular weight is 467 g/mol. The van der Waals surface area contributed by atoms with Gasteiger partial charge >= 0.3 is 0 Å². The summed E-state index contributed by atoms with van der Waals surface area (Å²) in [7, 11) is 1.65. The Labute approximate surface area is 204 Å². The Balaban J connectivity index is 1.52. The number of hydrogen-bond acceptors (Lipinski definition) is 5. The van der Waals surface area contributed by atoms with Crippen LogP contribution in [0.15, 0.2) is 90.1 Å². The number of nitrogens with one attached hydrogen (secondary N) is 1. The molecule has 0 saturated carbocycles. The predicted molar refractivity (Wildman–Crippen MR) is 136 cm³/mol. The minimum absolute atomic E-state index is 0.0862. The second-order valence-corrected chi connectivity index (χ2v) is 8.16. The summed E-state index contributed by atoms with van der Waals surface area (Å²) in [6, 6.07) is 25.2. The van der Waals surface area contributed by atoms with Gasteiger partial charge < -0.3 is 14.8 Å². The molecule has 1 amide bonds. The molecule has 3 aromatic carbocycles. The van der Waals surface area contributed by atoms with Crippen molar-refractivity contribution in [2.45, 2.75) is 19.4 Å². The summed E-state index contributed by atoms with van der Waals surface area (Å²) in [5.74, 6) is 1.78. The Kier molecular flexibility index (Phi) is 6.30. The standard InChI is InChI=1S/C28H26N4O3/c1-3-35-22-14-12-21(13-15-22)30-28(33)24-18-29-32-26(19-8-5-4-6-9-19)17-25(31-27(24)32)20-10-7-11-23(16-20)34-2/h4-16,18,26H,3,17H2,1-2H3,(H,30,33). The molecule has 0 bridgehead atoms. The zero-order chi connectivity index (χ0) is 24.2. The van der Waals surface area contributed by atoms with Crippen molar-refractivity contribution in [1.29, 1.82) is 0 Å². The van der Waals surface area contributed by atoms with Gasteiger partial charge in [-0.15, -0.1) is 0 Å². The third kappa shape index (κ3) is 4.66. The summed E-state index contributed by atoms with van der Waals surface area (Å²) in [5.41, 5.74) is 4.02. The van der Waals surface area contributed by atoms with Crippen molar-refractivity contribution in [2.24, 2.45) is 4.99 Å². The lowest BCUT2D eigenvalue weighted by Gasteiger charge is -2.25. The monoisotopic (exact) mass is 466 g/mol. The number of aliphatic imine (C=N–C) groups is 1. The molecule has 1 atom stereocenters. The number of amides is 1. The molecule has 4 aromatic rings. The minimum atomic E-state index is -0.266. The zero-order valence-corrected chi connectivity index (χ0v) is 19.6. The van der Waals surface area contributed by atoms with Crippen molar-refractivity contribution in [3.63, 3.8) is 0 Å². The molecule has 0 spiro atoms. The highest BCUT2D eigenvalue weighted by Crippen LogP contribution is 2.36. The molecule has 0 radical (unpaired) electrons. The third-order valence-electron chi connectivity index (χ3n) is 5.95. The Bertz CT molecular complexity index is 1360. The normalized spacial score (nSPS) is 14.6. The summed E-state index contributed by atoms with van der Waals surface area (Å²) < 4.78 is 12.7. The number of methoxy groups -OCH3 is 1. The van der Waals surface area contributed by atoms with Crippen molar-refractivity contribution in [3.05, 3.63) is 102 Å². The number of hydrogen-bond donors (Lipinski definition) is 1. The molecule has 0 fully saturated rings. The van der Waals surface area contributed by atoms with E-state index in [1.807, 2.05) is 78.3 Å². The van der Waals surface area contributed by atoms with Crippen LogP contribution in [-0.4, -0.2) is 35.1 Å². The van der Waals surface area contributed by atoms with Crippen LogP contribution in [0.1, 0.15) is 40.9 Å². The SMILES string of the molecule is CCOc1ccc(NC(=O)c2cnn3c2N=C(c2cccc(OC)c2)CC3c2ccccc2)cc1. The lowest BCUT2D eigenvalue weighted by atomic mass is 9.95. The molecule has 0 aliphatic carbocycles. The Hall–Kier alpha value is -4.39. The Morgan fingerprint density at radius 3 is 2.57 bits per heavy atom. The summed E-state index contributed by atoms with van der Waals surface area (Å²) >= 11 is 0. The molecule has 1 N–H and O–H groups in total. The molecular weight excluding hydrogens is 440 g/mol. The predicted octanol–water partition coefficient (Wildman–Crippen LogP) is 5.66. The van der Waals surface area contributed by atoms with Crippen molar-refractivity contribution < 1.29 is 14.3 Å². The molecule has 7 nitrogen and oxygen atoms in total. The highest BCUT2D eigenvalue weighted by molar-refractivity contribution is 6.09. The maximum Gasteiger partial charge on any atom is 0.261 e. The molecule has 7 heteroatoms. The first-order chi connectivity index (χ1) is 17.2. The molecule has 1 unspecified atom stereocenters. The van der Waals surface area contributed by atoms with E-state index in [1.165, 1.54) is 0 Å². The van der Waals surface area contributed by atoms with Crippen molar-refractivity contribution in [3.8, 4) is 11.5 Å². The fourth-order valence-corrected chi connectivity index (χ4v) is 4.22. The van der Waals surface area contributed by atoms with E-state index in [-0.39, 0.29) is 11.9 Å². The molecule has 1 aliphatic heterocycles. The first-order valence-electron chi connectivity index (χ1n) is 11.5. The quantitative estimate of drug-likeness (QED) is 0.381. The van der Waals surface area contributed by atoms with E-state index in [4.69, 9.17) is 14.5 Å². The van der Waals surface area contributed by atoms with Crippen molar-refractivity contribution in [2.75, 3.05) is 19.0 Å². The van der Waals surface area contributed by atoms with Gasteiger partial charge in [-0.05, 0) is 54.4 Å². The molecule has 1 aromatic heterocycles. The van der Waals surface area contributed by atoms with Crippen LogP contribution < -0.4 is 14.8 Å². The first-order valence-corrected chi connectivity index (χ1v) is 11.5. The second kappa shape index (κ2) is 9.85. The molecule has 5 rings (SSSR count). The van der Waals surface area contributed by atoms with Crippen LogP contribution in [0, 0.1) is 0 Å². The van der Waals surface area contributed by atoms with Gasteiger partial charge in [-0.2, -0.15) is 5.10 Å². The van der Waals surface area contributed by atoms with Crippen LogP contribution in [-0.2, 0) is 0 Å². The fraction of sp³-hybridized carbons (Fsp3) is 0.179. The van der Waals surface area contributed by atoms with Gasteiger partial charge in [0.25, 0.3) is 5.91 Å². The van der Waals surface area contributed by atoms with E-state index < -0.39 is 0 Å². The van der Waals surface area contributed by atoms with Gasteiger partial charge in [0.2, 0.25) is 0 Å². The van der Waals surface area contributed by atoms with Gasteiger partial charge in [-0.3, -0.25) is 4.79 Å². The van der Waals surface area contributed by atoms with E-state index in [0.29, 0.717) is 30.1 Å². The van der Waals surface area contributed by atoms with E-state index in [0.717, 1.165) is 28.3 Å². The average Bonchev–Trinajstić information content (AvgIpc) is 3.34. The Morgan fingerprint density at radius 2 is 1.83 bits per heavy atom. The van der Waals surface area contributed by atoms with Crippen LogP contribution in [0.3, 0.4) is 0 Å². The Morgan fingerprint density at radius 1 is 1.03 bits per heavy atom. The number of rotatable bonds is 7. The van der Waals surface area contributed by atoms with E-state index in [9.17, 15) is 4.79 Å². The maximum absolute atomic E-state index is 13.3. The molecular formula is C28H26N4O3. The topological polar surface area (TPSA) is 77.7 Å². The van der Waals surface area contributed by atoms with E-state index in [2.05, 4.69) is 22.5 Å². The van der Waals surface area contributed by atoms with Crippen molar-refractivity contribution >= 4 is 23.1 Å². The maximum atomic E-state index is 13.3. The van der Waals surface area contributed by atoms with Gasteiger partial charge in [0.15, 0.2) is 5.82 Å². The fourth-order valence-electron chi connectivity index (χ4n) is 4.22. The van der Waals surface area contributed by atoms with Crippen LogP contribution in [0.2, 0.25) is 0 Å². The van der Waals surface area contributed by atoms with Crippen molar-refractivity contribution in [1.82, 2.24) is 9.78 Å². The van der Waals surface area contributed by atoms with Gasteiger partial charge in [0, 0.05) is 12.1 Å². The highest BCUT2D eigenvalue weighted by atomic mass is 16.5. The number of ether oxygens (including phenoxy) is 2. The number of anilines is 1. The number of fused-ring (bicyclic) bond motifs is 1. The third-order valence-corrected chi connectivity index (χ3v) is 5.95. The van der Waals surface area contributed by atoms with Crippen LogP contribution in [0.4, 0.5) is 11.5 Å². The molecule has 176 valence electrons. The van der Waals surface area contributed by atoms with E-state index >= 15 is 0 Å². The number of carbonyl (C=O) groups excluding carboxylic acids is 1. The second-order valence-electron chi connectivity index (χ2n) is 8.16. The lowest BCUT2D eigenvalue weighted by Crippen LogP contribution is -2.22. The van der Waals surface area contributed by atoms with Gasteiger partial charge in [-0.1, -0.05) is 42.5 Å². The van der Waals surface area contributed by atoms with Crippen LogP contribution >= 0.6 is 0 Å². The summed E-state index contributed by atoms with van der Waals surface area (Å²) in [4.78, 5) is 18.2. The number of benzene rings is 3. The largest absolute Gasteiger partial charge is 0.497 e. The van der Waals surface area contributed by atoms with E-state index in [1.54, 1.807) is 13.3 Å². The summed E-state index contributed by atoms with van der Waals surface area (Å²) in [6.07, 6.45) is 2.24. The smallest absolute Gasteiger partial charge is 0.261 e. The van der Waals surface area contributed by atoms with Gasteiger partial charge in [0.05, 0.1) is 31.7 Å². The highest BCUT2D eigenvalue weighted by Gasteiger charge is 2.29. The molecule has 2 heterocycles. The van der Waals surface area contributed by atoms with Crippen LogP contribution in [0.5, 0.6) is 11.5 Å². The number of carbonyl (C=O) groups is 1. The lowest BCUT2D eigenvalue weighted by molar-refractivity contribution is 0.102. The summed E-state index contributed by atoms with van der Waals surface area (Å²) in [6.45, 7) is 2.52. The zero-order valence-electron chi connectivity index (χ0n) is 19.6. The van der Waals surface area contributed by atoms with Crippen LogP contribution in [0.25, 0.3) is 0 Å².